The van der Waals surface area contributed by atoms with Gasteiger partial charge in [0.25, 0.3) is 0 Å². The quantitative estimate of drug-likeness (QED) is 0.688. The Morgan fingerprint density at radius 2 is 1.70 bits per heavy atom. The summed E-state index contributed by atoms with van der Waals surface area (Å²) < 4.78 is 2.25. The van der Waals surface area contributed by atoms with Crippen LogP contribution in [0.25, 0.3) is 16.7 Å². The summed E-state index contributed by atoms with van der Waals surface area (Å²) in [5, 5.41) is 0. The van der Waals surface area contributed by atoms with Crippen LogP contribution in [0, 0.1) is 13.8 Å². The minimum Gasteiger partial charge on any atom is -0.371 e. The van der Waals surface area contributed by atoms with Crippen LogP contribution in [-0.4, -0.2) is 22.6 Å². The van der Waals surface area contributed by atoms with Gasteiger partial charge in [0, 0.05) is 24.5 Å². The summed E-state index contributed by atoms with van der Waals surface area (Å²) >= 11 is 0. The predicted octanol–water partition coefficient (Wildman–Crippen LogP) is 4.63. The van der Waals surface area contributed by atoms with Crippen molar-refractivity contribution in [3.63, 3.8) is 0 Å². The molecule has 0 radical (unpaired) electrons. The third-order valence-corrected chi connectivity index (χ3v) is 4.79. The number of nitrogens with zero attached hydrogens (tertiary/aromatic N) is 3. The van der Waals surface area contributed by atoms with Crippen molar-refractivity contribution < 1.29 is 0 Å². The van der Waals surface area contributed by atoms with Crippen LogP contribution in [0.15, 0.2) is 42.5 Å². The first-order valence-electron chi connectivity index (χ1n) is 8.53. The molecule has 2 heterocycles. The van der Waals surface area contributed by atoms with Gasteiger partial charge < -0.3 is 4.90 Å². The lowest BCUT2D eigenvalue weighted by Crippen LogP contribution is -2.29. The van der Waals surface area contributed by atoms with E-state index in [-0.39, 0.29) is 0 Å². The normalized spacial score (nSPS) is 15.3. The second kappa shape index (κ2) is 5.73. The Labute approximate surface area is 137 Å². The van der Waals surface area contributed by atoms with E-state index in [9.17, 15) is 0 Å². The minimum atomic E-state index is 1.04. The van der Waals surface area contributed by atoms with Gasteiger partial charge in [-0.25, -0.2) is 4.98 Å². The molecule has 2 aromatic carbocycles. The van der Waals surface area contributed by atoms with Crippen molar-refractivity contribution in [2.45, 2.75) is 33.1 Å². The predicted molar refractivity (Wildman–Crippen MR) is 96.6 cm³/mol. The summed E-state index contributed by atoms with van der Waals surface area (Å²) in [5.41, 5.74) is 6.05. The number of piperidine rings is 1. The molecule has 3 aromatic rings. The third kappa shape index (κ3) is 2.61. The zero-order chi connectivity index (χ0) is 15.8. The van der Waals surface area contributed by atoms with Crippen LogP contribution in [0.5, 0.6) is 0 Å². The van der Waals surface area contributed by atoms with E-state index in [1.54, 1.807) is 0 Å². The first-order valence-corrected chi connectivity index (χ1v) is 8.53. The van der Waals surface area contributed by atoms with Crippen LogP contribution in [0.4, 0.5) is 5.69 Å². The van der Waals surface area contributed by atoms with Crippen molar-refractivity contribution in [1.29, 1.82) is 0 Å². The zero-order valence-electron chi connectivity index (χ0n) is 13.9. The summed E-state index contributed by atoms with van der Waals surface area (Å²) in [6.07, 6.45) is 3.96. The maximum atomic E-state index is 4.81. The molecule has 0 amide bonds. The molecule has 118 valence electrons. The van der Waals surface area contributed by atoms with Crippen molar-refractivity contribution in [3.05, 3.63) is 53.9 Å². The van der Waals surface area contributed by atoms with Gasteiger partial charge >= 0.3 is 0 Å². The molecule has 3 nitrogen and oxygen atoms in total. The van der Waals surface area contributed by atoms with E-state index in [4.69, 9.17) is 4.98 Å². The molecule has 0 spiro atoms. The minimum absolute atomic E-state index is 1.04. The third-order valence-electron chi connectivity index (χ3n) is 4.79. The van der Waals surface area contributed by atoms with Gasteiger partial charge in [-0.2, -0.15) is 0 Å². The molecule has 4 rings (SSSR count). The molecule has 23 heavy (non-hydrogen) atoms. The smallest absolute Gasteiger partial charge is 0.111 e. The molecular formula is C20H23N3. The Morgan fingerprint density at radius 3 is 2.48 bits per heavy atom. The Bertz CT molecular complexity index is 841. The Balaban J connectivity index is 1.80. The number of fused-ring (bicyclic) bond motifs is 1. The second-order valence-electron chi connectivity index (χ2n) is 6.55. The molecule has 1 fully saturated rings. The van der Waals surface area contributed by atoms with E-state index < -0.39 is 0 Å². The highest BCUT2D eigenvalue weighted by Gasteiger charge is 2.14. The summed E-state index contributed by atoms with van der Waals surface area (Å²) in [5.74, 6) is 1.04. The highest BCUT2D eigenvalue weighted by atomic mass is 15.1. The molecule has 0 saturated carbocycles. The zero-order valence-corrected chi connectivity index (χ0v) is 13.9. The largest absolute Gasteiger partial charge is 0.371 e. The van der Waals surface area contributed by atoms with E-state index in [0.29, 0.717) is 0 Å². The maximum Gasteiger partial charge on any atom is 0.111 e. The van der Waals surface area contributed by atoms with Crippen molar-refractivity contribution in [2.24, 2.45) is 0 Å². The van der Waals surface area contributed by atoms with Crippen molar-refractivity contribution in [3.8, 4) is 5.69 Å². The summed E-state index contributed by atoms with van der Waals surface area (Å²) in [6, 6.07) is 15.3. The number of imidazole rings is 1. The molecule has 0 N–H and O–H groups in total. The summed E-state index contributed by atoms with van der Waals surface area (Å²) in [7, 11) is 0. The standard InChI is InChI=1S/C20H23N3/c1-15-7-6-8-18(13-15)23-16(2)21-19-14-17(9-10-20(19)23)22-11-4-3-5-12-22/h6-10,13-14H,3-5,11-12H2,1-2H3. The molecule has 1 saturated heterocycles. The molecule has 1 aliphatic heterocycles. The first-order chi connectivity index (χ1) is 11.2. The number of hydrogen-bond donors (Lipinski definition) is 0. The summed E-state index contributed by atoms with van der Waals surface area (Å²) in [4.78, 5) is 7.30. The lowest BCUT2D eigenvalue weighted by atomic mass is 10.1. The number of hydrogen-bond acceptors (Lipinski definition) is 2. The molecule has 0 atom stereocenters. The van der Waals surface area contributed by atoms with Gasteiger partial charge in [-0.15, -0.1) is 0 Å². The van der Waals surface area contributed by atoms with Gasteiger partial charge in [-0.1, -0.05) is 12.1 Å². The maximum absolute atomic E-state index is 4.81. The van der Waals surface area contributed by atoms with E-state index >= 15 is 0 Å². The lowest BCUT2D eigenvalue weighted by molar-refractivity contribution is 0.578. The van der Waals surface area contributed by atoms with Crippen LogP contribution in [0.1, 0.15) is 30.7 Å². The molecule has 1 aromatic heterocycles. The van der Waals surface area contributed by atoms with E-state index in [1.165, 1.54) is 54.8 Å². The average molecular weight is 305 g/mol. The van der Waals surface area contributed by atoms with Gasteiger partial charge in [0.1, 0.15) is 5.82 Å². The Hall–Kier alpha value is -2.29. The van der Waals surface area contributed by atoms with Gasteiger partial charge in [0.2, 0.25) is 0 Å². The monoisotopic (exact) mass is 305 g/mol. The highest BCUT2D eigenvalue weighted by Crippen LogP contribution is 2.27. The van der Waals surface area contributed by atoms with Crippen LogP contribution in [-0.2, 0) is 0 Å². The van der Waals surface area contributed by atoms with E-state index in [2.05, 4.69) is 65.8 Å². The number of aryl methyl sites for hydroxylation is 2. The molecule has 1 aliphatic rings. The van der Waals surface area contributed by atoms with Crippen molar-refractivity contribution in [2.75, 3.05) is 18.0 Å². The molecule has 0 aliphatic carbocycles. The van der Waals surface area contributed by atoms with Gasteiger partial charge in [0.05, 0.1) is 11.0 Å². The number of anilines is 1. The summed E-state index contributed by atoms with van der Waals surface area (Å²) in [6.45, 7) is 6.56. The number of benzene rings is 2. The Kier molecular flexibility index (Phi) is 3.56. The van der Waals surface area contributed by atoms with Crippen molar-refractivity contribution >= 4 is 16.7 Å². The fraction of sp³-hybridized carbons (Fsp3) is 0.350. The van der Waals surface area contributed by atoms with E-state index in [1.807, 2.05) is 0 Å². The SMILES string of the molecule is Cc1cccc(-n2c(C)nc3cc(N4CCCCC4)ccc32)c1. The fourth-order valence-corrected chi connectivity index (χ4v) is 3.63. The first kappa shape index (κ1) is 14.3. The van der Waals surface area contributed by atoms with E-state index in [0.717, 1.165) is 11.3 Å². The number of rotatable bonds is 2. The lowest BCUT2D eigenvalue weighted by Gasteiger charge is -2.28. The Morgan fingerprint density at radius 1 is 0.870 bits per heavy atom. The topological polar surface area (TPSA) is 21.1 Å². The fourth-order valence-electron chi connectivity index (χ4n) is 3.63. The molecule has 0 unspecified atom stereocenters. The van der Waals surface area contributed by atoms with Crippen molar-refractivity contribution in [1.82, 2.24) is 9.55 Å². The van der Waals surface area contributed by atoms with Crippen LogP contribution < -0.4 is 4.90 Å². The van der Waals surface area contributed by atoms with Crippen LogP contribution in [0.3, 0.4) is 0 Å². The van der Waals surface area contributed by atoms with Gasteiger partial charge in [-0.3, -0.25) is 4.57 Å². The molecular weight excluding hydrogens is 282 g/mol. The molecule has 0 bridgehead atoms. The van der Waals surface area contributed by atoms with Crippen LogP contribution >= 0.6 is 0 Å². The number of aromatic nitrogens is 2. The molecule has 3 heteroatoms. The highest BCUT2D eigenvalue weighted by molar-refractivity contribution is 5.82. The van der Waals surface area contributed by atoms with Crippen LogP contribution in [0.2, 0.25) is 0 Å². The van der Waals surface area contributed by atoms with Gasteiger partial charge in [-0.05, 0) is 69.0 Å². The van der Waals surface area contributed by atoms with Gasteiger partial charge in [0.15, 0.2) is 0 Å². The second-order valence-corrected chi connectivity index (χ2v) is 6.55. The average Bonchev–Trinajstić information content (AvgIpc) is 2.90.